The number of hydrogen-bond donors (Lipinski definition) is 2. The van der Waals surface area contributed by atoms with E-state index in [4.69, 9.17) is 5.73 Å². The maximum Gasteiger partial charge on any atom is 0.251 e. The van der Waals surface area contributed by atoms with Crippen LogP contribution in [0.5, 0.6) is 0 Å². The smallest absolute Gasteiger partial charge is 0.251 e. The van der Waals surface area contributed by atoms with E-state index in [1.807, 2.05) is 19.1 Å². The third kappa shape index (κ3) is 3.00. The van der Waals surface area contributed by atoms with Gasteiger partial charge in [0.05, 0.1) is 11.4 Å². The van der Waals surface area contributed by atoms with E-state index in [0.29, 0.717) is 18.2 Å². The molecular formula is C15H23N3O. The van der Waals surface area contributed by atoms with Gasteiger partial charge in [-0.15, -0.1) is 0 Å². The van der Waals surface area contributed by atoms with Gasteiger partial charge in [0.1, 0.15) is 0 Å². The summed E-state index contributed by atoms with van der Waals surface area (Å²) in [5, 5.41) is 2.82. The predicted molar refractivity (Wildman–Crippen MR) is 79.5 cm³/mol. The summed E-state index contributed by atoms with van der Waals surface area (Å²) in [5.41, 5.74) is 8.44. The lowest BCUT2D eigenvalue weighted by Gasteiger charge is -2.28. The monoisotopic (exact) mass is 261 g/mol. The maximum absolute atomic E-state index is 11.9. The zero-order chi connectivity index (χ0) is 13.8. The number of hydrogen-bond acceptors (Lipinski definition) is 3. The highest BCUT2D eigenvalue weighted by molar-refractivity contribution is 5.96. The van der Waals surface area contributed by atoms with Crippen molar-refractivity contribution in [1.82, 2.24) is 5.32 Å². The molecule has 1 saturated carbocycles. The van der Waals surface area contributed by atoms with Crippen molar-refractivity contribution in [1.29, 1.82) is 0 Å². The molecule has 4 nitrogen and oxygen atoms in total. The van der Waals surface area contributed by atoms with E-state index < -0.39 is 0 Å². The number of nitrogen functional groups attached to an aromatic ring is 1. The van der Waals surface area contributed by atoms with Gasteiger partial charge in [-0.3, -0.25) is 4.79 Å². The van der Waals surface area contributed by atoms with Crippen molar-refractivity contribution in [3.8, 4) is 0 Å². The number of benzene rings is 1. The van der Waals surface area contributed by atoms with Gasteiger partial charge in [0.2, 0.25) is 0 Å². The van der Waals surface area contributed by atoms with E-state index in [-0.39, 0.29) is 5.91 Å². The van der Waals surface area contributed by atoms with Crippen LogP contribution >= 0.6 is 0 Å². The summed E-state index contributed by atoms with van der Waals surface area (Å²) in [6, 6.07) is 6.06. The van der Waals surface area contributed by atoms with Crippen LogP contribution in [0.1, 0.15) is 43.0 Å². The maximum atomic E-state index is 11.9. The Morgan fingerprint density at radius 3 is 2.74 bits per heavy atom. The van der Waals surface area contributed by atoms with Crippen molar-refractivity contribution in [2.45, 2.75) is 38.6 Å². The molecule has 0 aliphatic heterocycles. The van der Waals surface area contributed by atoms with Gasteiger partial charge in [-0.25, -0.2) is 0 Å². The molecule has 0 aromatic heterocycles. The van der Waals surface area contributed by atoms with Gasteiger partial charge in [0.15, 0.2) is 0 Å². The summed E-state index contributed by atoms with van der Waals surface area (Å²) in [4.78, 5) is 14.1. The molecule has 1 aromatic carbocycles. The largest absolute Gasteiger partial charge is 0.397 e. The first-order valence-corrected chi connectivity index (χ1v) is 7.04. The molecule has 2 rings (SSSR count). The average molecular weight is 261 g/mol. The highest BCUT2D eigenvalue weighted by Gasteiger charge is 2.21. The molecule has 0 radical (unpaired) electrons. The fourth-order valence-electron chi connectivity index (χ4n) is 2.74. The molecule has 1 aromatic rings. The summed E-state index contributed by atoms with van der Waals surface area (Å²) < 4.78 is 0. The molecule has 3 N–H and O–H groups in total. The van der Waals surface area contributed by atoms with Gasteiger partial charge >= 0.3 is 0 Å². The number of anilines is 2. The molecular weight excluding hydrogens is 238 g/mol. The molecule has 104 valence electrons. The number of amides is 1. The molecule has 0 atom stereocenters. The van der Waals surface area contributed by atoms with Gasteiger partial charge in [-0.2, -0.15) is 0 Å². The van der Waals surface area contributed by atoms with Gasteiger partial charge in [0, 0.05) is 25.2 Å². The molecule has 1 amide bonds. The minimum absolute atomic E-state index is 0.0384. The molecule has 1 aliphatic rings. The lowest BCUT2D eigenvalue weighted by atomic mass is 10.1. The van der Waals surface area contributed by atoms with Crippen molar-refractivity contribution in [3.05, 3.63) is 23.8 Å². The summed E-state index contributed by atoms with van der Waals surface area (Å²) in [7, 11) is 2.07. The van der Waals surface area contributed by atoms with Crippen LogP contribution in [0.2, 0.25) is 0 Å². The second kappa shape index (κ2) is 5.95. The summed E-state index contributed by atoms with van der Waals surface area (Å²) in [5.74, 6) is -0.0384. The fourth-order valence-corrected chi connectivity index (χ4v) is 2.74. The van der Waals surface area contributed by atoms with Crippen molar-refractivity contribution in [2.24, 2.45) is 0 Å². The van der Waals surface area contributed by atoms with E-state index in [9.17, 15) is 4.79 Å². The number of carbonyl (C=O) groups excluding carboxylic acids is 1. The van der Waals surface area contributed by atoms with Crippen LogP contribution < -0.4 is 16.0 Å². The van der Waals surface area contributed by atoms with Crippen molar-refractivity contribution < 1.29 is 4.79 Å². The molecule has 1 aliphatic carbocycles. The van der Waals surface area contributed by atoms with Gasteiger partial charge in [0.25, 0.3) is 5.91 Å². The lowest BCUT2D eigenvalue weighted by molar-refractivity contribution is 0.0956. The molecule has 19 heavy (non-hydrogen) atoms. The first-order chi connectivity index (χ1) is 9.13. The van der Waals surface area contributed by atoms with E-state index in [1.165, 1.54) is 25.7 Å². The summed E-state index contributed by atoms with van der Waals surface area (Å²) >= 11 is 0. The number of nitrogens with zero attached hydrogens (tertiary/aromatic N) is 1. The van der Waals surface area contributed by atoms with Crippen LogP contribution in [0.25, 0.3) is 0 Å². The molecule has 0 unspecified atom stereocenters. The Labute approximate surface area is 115 Å². The normalized spacial score (nSPS) is 15.5. The van der Waals surface area contributed by atoms with Gasteiger partial charge in [-0.05, 0) is 38.0 Å². The molecule has 0 heterocycles. The molecule has 1 fully saturated rings. The minimum Gasteiger partial charge on any atom is -0.397 e. The number of carbonyl (C=O) groups is 1. The van der Waals surface area contributed by atoms with Gasteiger partial charge < -0.3 is 16.0 Å². The van der Waals surface area contributed by atoms with E-state index >= 15 is 0 Å². The second-order valence-corrected chi connectivity index (χ2v) is 5.18. The van der Waals surface area contributed by atoms with Crippen LogP contribution in [0, 0.1) is 0 Å². The molecule has 0 bridgehead atoms. The Kier molecular flexibility index (Phi) is 4.30. The lowest BCUT2D eigenvalue weighted by Crippen LogP contribution is -2.30. The Morgan fingerprint density at radius 1 is 1.42 bits per heavy atom. The first-order valence-electron chi connectivity index (χ1n) is 7.04. The third-order valence-corrected chi connectivity index (χ3v) is 3.88. The van der Waals surface area contributed by atoms with E-state index in [2.05, 4.69) is 17.3 Å². The Bertz CT molecular complexity index is 453. The van der Waals surface area contributed by atoms with Crippen molar-refractivity contribution in [3.63, 3.8) is 0 Å². The molecule has 0 saturated heterocycles. The highest BCUT2D eigenvalue weighted by atomic mass is 16.1. The number of nitrogens with two attached hydrogens (primary N) is 1. The second-order valence-electron chi connectivity index (χ2n) is 5.18. The Hall–Kier alpha value is -1.71. The van der Waals surface area contributed by atoms with E-state index in [1.54, 1.807) is 6.07 Å². The highest BCUT2D eigenvalue weighted by Crippen LogP contribution is 2.31. The van der Waals surface area contributed by atoms with Crippen LogP contribution in [0.4, 0.5) is 11.4 Å². The molecule has 4 heteroatoms. The Balaban J connectivity index is 2.23. The topological polar surface area (TPSA) is 58.4 Å². The Morgan fingerprint density at radius 2 is 2.11 bits per heavy atom. The zero-order valence-corrected chi connectivity index (χ0v) is 11.8. The molecule has 0 spiro atoms. The van der Waals surface area contributed by atoms with Crippen LogP contribution in [-0.4, -0.2) is 25.5 Å². The average Bonchev–Trinajstić information content (AvgIpc) is 2.92. The number of rotatable bonds is 4. The van der Waals surface area contributed by atoms with Gasteiger partial charge in [-0.1, -0.05) is 12.8 Å². The zero-order valence-electron chi connectivity index (χ0n) is 11.8. The quantitative estimate of drug-likeness (QED) is 0.818. The third-order valence-electron chi connectivity index (χ3n) is 3.88. The van der Waals surface area contributed by atoms with Crippen LogP contribution in [0.3, 0.4) is 0 Å². The predicted octanol–water partition coefficient (Wildman–Crippen LogP) is 2.40. The van der Waals surface area contributed by atoms with Crippen LogP contribution in [-0.2, 0) is 0 Å². The summed E-state index contributed by atoms with van der Waals surface area (Å²) in [6.45, 7) is 2.55. The van der Waals surface area contributed by atoms with E-state index in [0.717, 1.165) is 11.4 Å². The minimum atomic E-state index is -0.0384. The summed E-state index contributed by atoms with van der Waals surface area (Å²) in [6.07, 6.45) is 4.98. The van der Waals surface area contributed by atoms with Crippen molar-refractivity contribution in [2.75, 3.05) is 24.2 Å². The standard InChI is InChI=1S/C15H23N3O/c1-3-17-15(19)11-8-9-13(16)14(10-11)18(2)12-6-4-5-7-12/h8-10,12H,3-7,16H2,1-2H3,(H,17,19). The van der Waals surface area contributed by atoms with Crippen molar-refractivity contribution >= 4 is 17.3 Å². The fraction of sp³-hybridized carbons (Fsp3) is 0.533. The first kappa shape index (κ1) is 13.7. The van der Waals surface area contributed by atoms with Crippen LogP contribution in [0.15, 0.2) is 18.2 Å². The SMILES string of the molecule is CCNC(=O)c1ccc(N)c(N(C)C2CCCC2)c1. The number of nitrogens with one attached hydrogen (secondary N) is 1.